The van der Waals surface area contributed by atoms with Crippen LogP contribution in [0.5, 0.6) is 0 Å². The summed E-state index contributed by atoms with van der Waals surface area (Å²) in [5, 5.41) is 0.625. The van der Waals surface area contributed by atoms with Crippen molar-refractivity contribution in [2.75, 3.05) is 5.88 Å². The van der Waals surface area contributed by atoms with Crippen LogP contribution in [0.15, 0.2) is 12.3 Å². The van der Waals surface area contributed by atoms with Crippen molar-refractivity contribution in [3.05, 3.63) is 23.1 Å². The largest absolute Gasteiger partial charge is 0.309 e. The van der Waals surface area contributed by atoms with Gasteiger partial charge in [-0.1, -0.05) is 25.4 Å². The molecule has 1 aliphatic rings. The molecule has 0 radical (unpaired) electrons. The minimum Gasteiger partial charge on any atom is -0.309 e. The minimum absolute atomic E-state index is 0.329. The highest BCUT2D eigenvalue weighted by atomic mass is 35.5. The van der Waals surface area contributed by atoms with Crippen molar-refractivity contribution in [1.82, 2.24) is 14.5 Å². The highest BCUT2D eigenvalue weighted by Crippen LogP contribution is 2.56. The zero-order valence-corrected chi connectivity index (χ0v) is 12.0. The smallest absolute Gasteiger partial charge is 0.160 e. The number of halogens is 2. The lowest BCUT2D eigenvalue weighted by Gasteiger charge is -2.09. The number of nitrogens with zero attached hydrogens (tertiary/aromatic N) is 3. The molecule has 18 heavy (non-hydrogen) atoms. The summed E-state index contributed by atoms with van der Waals surface area (Å²) >= 11 is 11.8. The fraction of sp³-hybridized carbons (Fsp3) is 0.538. The summed E-state index contributed by atoms with van der Waals surface area (Å²) in [6, 6.07) is 2.35. The second kappa shape index (κ2) is 4.10. The van der Waals surface area contributed by atoms with Crippen LogP contribution in [0.1, 0.15) is 32.1 Å². The Labute approximate surface area is 116 Å². The summed E-state index contributed by atoms with van der Waals surface area (Å²) in [5.74, 6) is 1.59. The van der Waals surface area contributed by atoms with Crippen molar-refractivity contribution in [2.24, 2.45) is 5.41 Å². The van der Waals surface area contributed by atoms with Crippen LogP contribution < -0.4 is 0 Å². The third kappa shape index (κ3) is 1.90. The molecule has 3 nitrogen and oxygen atoms in total. The monoisotopic (exact) mass is 283 g/mol. The third-order valence-corrected chi connectivity index (χ3v) is 4.06. The molecular formula is C13H15Cl2N3. The summed E-state index contributed by atoms with van der Waals surface area (Å²) in [6.45, 7) is 4.54. The molecule has 2 heterocycles. The first-order valence-electron chi connectivity index (χ1n) is 6.11. The van der Waals surface area contributed by atoms with Gasteiger partial charge in [0.1, 0.15) is 11.3 Å². The lowest BCUT2D eigenvalue weighted by molar-refractivity contribution is 0.535. The third-order valence-electron chi connectivity index (χ3n) is 3.66. The first kappa shape index (κ1) is 12.2. The molecule has 1 atom stereocenters. The van der Waals surface area contributed by atoms with Gasteiger partial charge in [0.2, 0.25) is 0 Å². The van der Waals surface area contributed by atoms with Crippen LogP contribution in [0.25, 0.3) is 11.2 Å². The average molecular weight is 284 g/mol. The Balaban J connectivity index is 2.17. The molecule has 5 heteroatoms. The Kier molecular flexibility index (Phi) is 2.79. The molecule has 1 aliphatic carbocycles. The molecule has 96 valence electrons. The minimum atomic E-state index is 0.329. The second-order valence-corrected chi connectivity index (χ2v) is 6.36. The highest BCUT2D eigenvalue weighted by Gasteiger charge is 2.48. The number of hydrogen-bond acceptors (Lipinski definition) is 2. The first-order valence-corrected chi connectivity index (χ1v) is 7.02. The average Bonchev–Trinajstić information content (AvgIpc) is 2.78. The van der Waals surface area contributed by atoms with Gasteiger partial charge < -0.3 is 4.57 Å². The van der Waals surface area contributed by atoms with E-state index in [0.29, 0.717) is 22.4 Å². The summed E-state index contributed by atoms with van der Waals surface area (Å²) in [6.07, 6.45) is 3.61. The van der Waals surface area contributed by atoms with E-state index >= 15 is 0 Å². The molecule has 0 aromatic carbocycles. The Bertz CT molecular complexity index is 604. The van der Waals surface area contributed by atoms with Crippen molar-refractivity contribution in [3.8, 4) is 0 Å². The van der Waals surface area contributed by atoms with Crippen LogP contribution in [0.3, 0.4) is 0 Å². The van der Waals surface area contributed by atoms with Gasteiger partial charge in [0.05, 0.1) is 5.02 Å². The van der Waals surface area contributed by atoms with Gasteiger partial charge in [-0.05, 0) is 17.9 Å². The van der Waals surface area contributed by atoms with Crippen LogP contribution in [-0.2, 0) is 6.42 Å². The predicted octanol–water partition coefficient (Wildman–Crippen LogP) is 3.84. The Morgan fingerprint density at radius 1 is 1.50 bits per heavy atom. The van der Waals surface area contributed by atoms with E-state index in [1.165, 1.54) is 0 Å². The van der Waals surface area contributed by atoms with E-state index in [2.05, 4.69) is 28.4 Å². The van der Waals surface area contributed by atoms with Crippen molar-refractivity contribution in [1.29, 1.82) is 0 Å². The number of alkyl halides is 1. The SMILES string of the molecule is CC1(C)CC1n1c(CCCl)nc2cc(Cl)cnc21. The van der Waals surface area contributed by atoms with Gasteiger partial charge in [0.15, 0.2) is 5.65 Å². The molecule has 3 rings (SSSR count). The quantitative estimate of drug-likeness (QED) is 0.802. The molecule has 1 fully saturated rings. The number of aromatic nitrogens is 3. The van der Waals surface area contributed by atoms with Gasteiger partial charge in [-0.3, -0.25) is 0 Å². The van der Waals surface area contributed by atoms with E-state index in [-0.39, 0.29) is 0 Å². The van der Waals surface area contributed by atoms with Gasteiger partial charge in [0, 0.05) is 24.5 Å². The lowest BCUT2D eigenvalue weighted by atomic mass is 10.2. The highest BCUT2D eigenvalue weighted by molar-refractivity contribution is 6.31. The number of aryl methyl sites for hydroxylation is 1. The molecule has 0 N–H and O–H groups in total. The first-order chi connectivity index (χ1) is 8.53. The summed E-state index contributed by atoms with van der Waals surface area (Å²) < 4.78 is 2.24. The van der Waals surface area contributed by atoms with Crippen LogP contribution in [0, 0.1) is 5.41 Å². The Morgan fingerprint density at radius 3 is 2.83 bits per heavy atom. The predicted molar refractivity (Wildman–Crippen MR) is 74.4 cm³/mol. The van der Waals surface area contributed by atoms with Gasteiger partial charge in [-0.2, -0.15) is 0 Å². The summed E-state index contributed by atoms with van der Waals surface area (Å²) in [5.41, 5.74) is 2.12. The van der Waals surface area contributed by atoms with Crippen LogP contribution in [-0.4, -0.2) is 20.4 Å². The molecule has 0 spiro atoms. The fourth-order valence-corrected chi connectivity index (χ4v) is 2.79. The zero-order valence-electron chi connectivity index (χ0n) is 10.5. The second-order valence-electron chi connectivity index (χ2n) is 5.54. The topological polar surface area (TPSA) is 30.7 Å². The standard InChI is InChI=1S/C13H15Cl2N3/c1-13(2)6-10(13)18-11(3-4-14)17-9-5-8(15)7-16-12(9)18/h5,7,10H,3-4,6H2,1-2H3. The van der Waals surface area contributed by atoms with Crippen LogP contribution >= 0.6 is 23.2 Å². The summed E-state index contributed by atoms with van der Waals surface area (Å²) in [4.78, 5) is 9.06. The van der Waals surface area contributed by atoms with E-state index in [4.69, 9.17) is 23.2 Å². The normalized spacial score (nSPS) is 21.4. The summed E-state index contributed by atoms with van der Waals surface area (Å²) in [7, 11) is 0. The van der Waals surface area contributed by atoms with Crippen molar-refractivity contribution in [2.45, 2.75) is 32.7 Å². The number of hydrogen-bond donors (Lipinski definition) is 0. The molecule has 1 saturated carbocycles. The van der Waals surface area contributed by atoms with E-state index < -0.39 is 0 Å². The van der Waals surface area contributed by atoms with Gasteiger partial charge >= 0.3 is 0 Å². The van der Waals surface area contributed by atoms with Gasteiger partial charge in [-0.15, -0.1) is 11.6 Å². The molecular weight excluding hydrogens is 269 g/mol. The molecule has 2 aromatic rings. The molecule has 0 saturated heterocycles. The molecule has 1 unspecified atom stereocenters. The Morgan fingerprint density at radius 2 is 2.22 bits per heavy atom. The number of fused-ring (bicyclic) bond motifs is 1. The fourth-order valence-electron chi connectivity index (χ4n) is 2.47. The van der Waals surface area contributed by atoms with E-state index in [1.54, 1.807) is 6.20 Å². The molecule has 0 bridgehead atoms. The maximum Gasteiger partial charge on any atom is 0.160 e. The molecule has 0 amide bonds. The van der Waals surface area contributed by atoms with Gasteiger partial charge in [0.25, 0.3) is 0 Å². The van der Waals surface area contributed by atoms with Crippen molar-refractivity contribution in [3.63, 3.8) is 0 Å². The van der Waals surface area contributed by atoms with E-state index in [1.807, 2.05) is 6.07 Å². The maximum atomic E-state index is 5.97. The van der Waals surface area contributed by atoms with E-state index in [0.717, 1.165) is 29.8 Å². The Hall–Kier alpha value is -0.800. The van der Waals surface area contributed by atoms with Gasteiger partial charge in [-0.25, -0.2) is 9.97 Å². The van der Waals surface area contributed by atoms with Crippen LogP contribution in [0.4, 0.5) is 0 Å². The van der Waals surface area contributed by atoms with Crippen LogP contribution in [0.2, 0.25) is 5.02 Å². The maximum absolute atomic E-state index is 5.97. The van der Waals surface area contributed by atoms with Crippen molar-refractivity contribution >= 4 is 34.4 Å². The molecule has 2 aromatic heterocycles. The molecule has 0 aliphatic heterocycles. The van der Waals surface area contributed by atoms with Crippen molar-refractivity contribution < 1.29 is 0 Å². The number of imidazole rings is 1. The number of pyridine rings is 1. The zero-order chi connectivity index (χ0) is 12.9. The van der Waals surface area contributed by atoms with E-state index in [9.17, 15) is 0 Å². The number of rotatable bonds is 3. The lowest BCUT2D eigenvalue weighted by Crippen LogP contribution is -2.07.